The molecule has 2 aliphatic carbocycles. The number of fused-ring (bicyclic) bond motifs is 1. The average Bonchev–Trinajstić information content (AvgIpc) is 3.01. The summed E-state index contributed by atoms with van der Waals surface area (Å²) in [6.07, 6.45) is 3.52. The van der Waals surface area contributed by atoms with Crippen LogP contribution in [0, 0.1) is 35.0 Å². The summed E-state index contributed by atoms with van der Waals surface area (Å²) in [6, 6.07) is -1.19. The number of aldehydes is 1. The summed E-state index contributed by atoms with van der Waals surface area (Å²) >= 11 is 0. The van der Waals surface area contributed by atoms with Crippen molar-refractivity contribution in [1.29, 1.82) is 0 Å². The number of carbonyl (C=O) groups is 4. The van der Waals surface area contributed by atoms with Gasteiger partial charge in [-0.2, -0.15) is 0 Å². The molecule has 7 nitrogen and oxygen atoms in total. The molecule has 2 saturated heterocycles. The predicted octanol–water partition coefficient (Wildman–Crippen LogP) is 0.725. The van der Waals surface area contributed by atoms with Gasteiger partial charge in [-0.3, -0.25) is 14.4 Å². The third kappa shape index (κ3) is 3.12. The molecule has 4 rings (SSSR count). The smallest absolute Gasteiger partial charge is 0.243 e. The number of nitrogens with one attached hydrogen (secondary N) is 2. The highest BCUT2D eigenvalue weighted by Gasteiger charge is 2.69. The Morgan fingerprint density at radius 2 is 2.07 bits per heavy atom. The Balaban J connectivity index is 1.44. The minimum absolute atomic E-state index is 0.0370. The van der Waals surface area contributed by atoms with E-state index in [-0.39, 0.29) is 40.9 Å². The van der Waals surface area contributed by atoms with E-state index in [2.05, 4.69) is 31.4 Å². The maximum Gasteiger partial charge on any atom is 0.243 e. The van der Waals surface area contributed by atoms with Crippen LogP contribution < -0.4 is 10.6 Å². The van der Waals surface area contributed by atoms with Gasteiger partial charge in [0.05, 0.1) is 6.04 Å². The number of hydrogen-bond donors (Lipinski definition) is 2. The molecule has 0 unspecified atom stereocenters. The molecule has 2 aliphatic heterocycles. The molecule has 5 atom stereocenters. The van der Waals surface area contributed by atoms with Crippen LogP contribution in [0.15, 0.2) is 0 Å². The van der Waals surface area contributed by atoms with Gasteiger partial charge in [0, 0.05) is 24.9 Å². The quantitative estimate of drug-likeness (QED) is 0.655. The minimum Gasteiger partial charge on any atom is -0.356 e. The van der Waals surface area contributed by atoms with Gasteiger partial charge in [-0.05, 0) is 48.9 Å². The molecule has 0 aromatic heterocycles. The van der Waals surface area contributed by atoms with Crippen molar-refractivity contribution in [3.05, 3.63) is 0 Å². The zero-order chi connectivity index (χ0) is 20.2. The second-order valence-corrected chi connectivity index (χ2v) is 9.93. The minimum atomic E-state index is -0.692. The maximum atomic E-state index is 13.1. The van der Waals surface area contributed by atoms with Crippen molar-refractivity contribution in [3.8, 4) is 0 Å². The van der Waals surface area contributed by atoms with Crippen LogP contribution in [-0.4, -0.2) is 54.1 Å². The van der Waals surface area contributed by atoms with E-state index in [4.69, 9.17) is 0 Å². The second-order valence-electron chi connectivity index (χ2n) is 9.93. The van der Waals surface area contributed by atoms with Crippen molar-refractivity contribution in [1.82, 2.24) is 15.5 Å². The molecule has 2 heterocycles. The lowest BCUT2D eigenvalue weighted by Gasteiger charge is -2.38. The van der Waals surface area contributed by atoms with Gasteiger partial charge in [-0.25, -0.2) is 0 Å². The first-order valence-corrected chi connectivity index (χ1v) is 10.6. The van der Waals surface area contributed by atoms with Crippen molar-refractivity contribution < 1.29 is 19.2 Å². The topological polar surface area (TPSA) is 95.6 Å². The lowest BCUT2D eigenvalue weighted by atomic mass is 9.75. The van der Waals surface area contributed by atoms with Crippen LogP contribution >= 0.6 is 0 Å². The van der Waals surface area contributed by atoms with Crippen LogP contribution in [-0.2, 0) is 19.2 Å². The largest absolute Gasteiger partial charge is 0.356 e. The van der Waals surface area contributed by atoms with Gasteiger partial charge in [-0.1, -0.05) is 20.8 Å². The van der Waals surface area contributed by atoms with E-state index in [9.17, 15) is 19.2 Å². The molecule has 2 saturated carbocycles. The molecule has 0 aromatic carbocycles. The van der Waals surface area contributed by atoms with Crippen LogP contribution in [0.1, 0.15) is 46.5 Å². The molecule has 3 amide bonds. The van der Waals surface area contributed by atoms with Gasteiger partial charge in [0.2, 0.25) is 17.7 Å². The number of rotatable bonds is 6. The second kappa shape index (κ2) is 6.85. The SMILES string of the molecule is CC1CC(C(=O)N2C[C@H]3[C@@H]([C@H]2C(=O)N[C@H](C=O)C[C@@H]2CCNC2=O)C3(C)C)C1. The summed E-state index contributed by atoms with van der Waals surface area (Å²) < 4.78 is 0. The standard InChI is InChI=1S/C21H31N3O4/c1-11-6-13(7-11)20(28)24-9-15-16(21(15,2)3)17(24)19(27)23-14(10-25)8-12-4-5-22-18(12)26/h10-17H,4-9H2,1-3H3,(H,22,26)(H,23,27)/t11?,12-,13?,14-,15-,16-,17-/m0/s1. The lowest BCUT2D eigenvalue weighted by molar-refractivity contribution is -0.147. The average molecular weight is 389 g/mol. The molecule has 0 aromatic rings. The first-order valence-electron chi connectivity index (χ1n) is 10.6. The maximum absolute atomic E-state index is 13.1. The summed E-state index contributed by atoms with van der Waals surface area (Å²) in [4.78, 5) is 51.2. The summed E-state index contributed by atoms with van der Waals surface area (Å²) in [6.45, 7) is 7.69. The first kappa shape index (κ1) is 19.4. The van der Waals surface area contributed by atoms with Crippen molar-refractivity contribution >= 4 is 24.0 Å². The van der Waals surface area contributed by atoms with Gasteiger partial charge in [0.25, 0.3) is 0 Å². The van der Waals surface area contributed by atoms with Crippen molar-refractivity contribution in [2.24, 2.45) is 35.0 Å². The van der Waals surface area contributed by atoms with E-state index in [1.807, 2.05) is 0 Å². The Hall–Kier alpha value is -1.92. The normalized spacial score (nSPS) is 38.8. The Labute approximate surface area is 166 Å². The van der Waals surface area contributed by atoms with E-state index >= 15 is 0 Å². The van der Waals surface area contributed by atoms with Crippen molar-refractivity contribution in [2.45, 2.75) is 58.5 Å². The van der Waals surface area contributed by atoms with E-state index in [1.54, 1.807) is 4.90 Å². The lowest BCUT2D eigenvalue weighted by Crippen LogP contribution is -2.54. The van der Waals surface area contributed by atoms with Crippen LogP contribution in [0.2, 0.25) is 0 Å². The third-order valence-electron chi connectivity index (χ3n) is 7.68. The zero-order valence-corrected chi connectivity index (χ0v) is 16.9. The molecule has 154 valence electrons. The van der Waals surface area contributed by atoms with Crippen LogP contribution in [0.5, 0.6) is 0 Å². The molecule has 0 bridgehead atoms. The zero-order valence-electron chi connectivity index (χ0n) is 16.9. The van der Waals surface area contributed by atoms with E-state index in [0.717, 1.165) is 12.8 Å². The summed E-state index contributed by atoms with van der Waals surface area (Å²) in [7, 11) is 0. The van der Waals surface area contributed by atoms with Crippen molar-refractivity contribution in [3.63, 3.8) is 0 Å². The summed E-state index contributed by atoms with van der Waals surface area (Å²) in [5.41, 5.74) is 0.0493. The molecule has 28 heavy (non-hydrogen) atoms. The molecule has 0 radical (unpaired) electrons. The third-order valence-corrected chi connectivity index (χ3v) is 7.68. The van der Waals surface area contributed by atoms with Gasteiger partial charge in [-0.15, -0.1) is 0 Å². The monoisotopic (exact) mass is 389 g/mol. The molecule has 7 heteroatoms. The Bertz CT molecular complexity index is 700. The fourth-order valence-electron chi connectivity index (χ4n) is 5.74. The molecule has 0 spiro atoms. The fraction of sp³-hybridized carbons (Fsp3) is 0.810. The number of likely N-dealkylation sites (tertiary alicyclic amines) is 1. The number of nitrogens with zero attached hydrogens (tertiary/aromatic N) is 1. The van der Waals surface area contributed by atoms with Crippen LogP contribution in [0.25, 0.3) is 0 Å². The van der Waals surface area contributed by atoms with Crippen LogP contribution in [0.4, 0.5) is 0 Å². The van der Waals surface area contributed by atoms with Gasteiger partial charge in [0.15, 0.2) is 0 Å². The molecular weight excluding hydrogens is 358 g/mol. The van der Waals surface area contributed by atoms with Gasteiger partial charge < -0.3 is 20.3 Å². The van der Waals surface area contributed by atoms with E-state index < -0.39 is 12.1 Å². The van der Waals surface area contributed by atoms with Gasteiger partial charge in [0.1, 0.15) is 12.3 Å². The molecule has 2 N–H and O–H groups in total. The summed E-state index contributed by atoms with van der Waals surface area (Å²) in [5.74, 6) is 0.672. The molecular formula is C21H31N3O4. The van der Waals surface area contributed by atoms with Crippen molar-refractivity contribution in [2.75, 3.05) is 13.1 Å². The highest BCUT2D eigenvalue weighted by Crippen LogP contribution is 2.65. The molecule has 4 fully saturated rings. The molecule has 4 aliphatic rings. The highest BCUT2D eigenvalue weighted by atomic mass is 16.2. The number of hydrogen-bond acceptors (Lipinski definition) is 4. The Morgan fingerprint density at radius 3 is 2.64 bits per heavy atom. The Morgan fingerprint density at radius 1 is 1.36 bits per heavy atom. The highest BCUT2D eigenvalue weighted by molar-refractivity contribution is 5.92. The first-order chi connectivity index (χ1) is 13.2. The van der Waals surface area contributed by atoms with E-state index in [0.29, 0.717) is 44.1 Å². The number of carbonyl (C=O) groups excluding carboxylic acids is 4. The number of piperidine rings is 1. The van der Waals surface area contributed by atoms with Gasteiger partial charge >= 0.3 is 0 Å². The van der Waals surface area contributed by atoms with E-state index in [1.165, 1.54) is 0 Å². The fourth-order valence-corrected chi connectivity index (χ4v) is 5.74. The Kier molecular flexibility index (Phi) is 4.74. The van der Waals surface area contributed by atoms with Crippen LogP contribution in [0.3, 0.4) is 0 Å². The summed E-state index contributed by atoms with van der Waals surface area (Å²) in [5, 5.41) is 5.60. The number of amides is 3. The predicted molar refractivity (Wildman–Crippen MR) is 102 cm³/mol.